The predicted octanol–water partition coefficient (Wildman–Crippen LogP) is 4.84. The molecule has 7 heteroatoms. The minimum absolute atomic E-state index is 0.291. The molecule has 0 saturated heterocycles. The number of rotatable bonds is 3. The Labute approximate surface area is 139 Å². The third-order valence-corrected chi connectivity index (χ3v) is 3.58. The van der Waals surface area contributed by atoms with Crippen molar-refractivity contribution in [3.8, 4) is 11.5 Å². The number of nitrogens with zero attached hydrogens (tertiary/aromatic N) is 3. The van der Waals surface area contributed by atoms with Gasteiger partial charge in [-0.25, -0.2) is 14.4 Å². The van der Waals surface area contributed by atoms with Gasteiger partial charge in [0.05, 0.1) is 4.47 Å². The van der Waals surface area contributed by atoms with E-state index in [2.05, 4.69) is 36.2 Å². The lowest BCUT2D eigenvalue weighted by atomic mass is 10.3. The average molecular weight is 380 g/mol. The summed E-state index contributed by atoms with van der Waals surface area (Å²) in [7, 11) is 0. The molecule has 4 nitrogen and oxygen atoms in total. The van der Waals surface area contributed by atoms with Crippen LogP contribution in [0, 0.1) is 5.82 Å². The van der Waals surface area contributed by atoms with Crippen molar-refractivity contribution >= 4 is 39.0 Å². The lowest BCUT2D eigenvalue weighted by molar-refractivity contribution is 0.621. The van der Waals surface area contributed by atoms with Crippen molar-refractivity contribution in [2.24, 2.45) is 0 Å². The SMILES string of the molecule is Fc1ccc(Nc2cc(Cl)nc(-c3ccccn3)n2)cc1Br. The van der Waals surface area contributed by atoms with Crippen LogP contribution >= 0.6 is 27.5 Å². The molecule has 0 fully saturated rings. The molecule has 3 aromatic rings. The van der Waals surface area contributed by atoms with Gasteiger partial charge in [-0.2, -0.15) is 0 Å². The fourth-order valence-electron chi connectivity index (χ4n) is 1.81. The zero-order valence-corrected chi connectivity index (χ0v) is 13.4. The number of nitrogens with one attached hydrogen (secondary N) is 1. The molecule has 0 bridgehead atoms. The van der Waals surface area contributed by atoms with E-state index in [1.165, 1.54) is 6.07 Å². The van der Waals surface area contributed by atoms with Crippen LogP contribution in [0.15, 0.2) is 53.1 Å². The van der Waals surface area contributed by atoms with Gasteiger partial charge in [0.1, 0.15) is 22.5 Å². The Morgan fingerprint density at radius 2 is 1.95 bits per heavy atom. The van der Waals surface area contributed by atoms with E-state index in [-0.39, 0.29) is 5.82 Å². The standard InChI is InChI=1S/C15H9BrClFN4/c16-10-7-9(4-5-11(10)18)20-14-8-13(17)21-15(22-14)12-3-1-2-6-19-12/h1-8H,(H,20,21,22). The highest BCUT2D eigenvalue weighted by atomic mass is 79.9. The third kappa shape index (κ3) is 3.40. The fraction of sp³-hybridized carbons (Fsp3) is 0. The number of pyridine rings is 1. The van der Waals surface area contributed by atoms with Crippen molar-refractivity contribution < 1.29 is 4.39 Å². The summed E-state index contributed by atoms with van der Waals surface area (Å²) in [6.07, 6.45) is 1.66. The van der Waals surface area contributed by atoms with Crippen LogP contribution in [0.1, 0.15) is 0 Å². The van der Waals surface area contributed by atoms with Gasteiger partial charge in [-0.05, 0) is 46.3 Å². The summed E-state index contributed by atoms with van der Waals surface area (Å²) in [6, 6.07) is 11.6. The van der Waals surface area contributed by atoms with Crippen LogP contribution in [0.25, 0.3) is 11.5 Å². The van der Waals surface area contributed by atoms with E-state index in [4.69, 9.17) is 11.6 Å². The first-order valence-corrected chi connectivity index (χ1v) is 7.47. The van der Waals surface area contributed by atoms with Crippen LogP contribution in [-0.2, 0) is 0 Å². The average Bonchev–Trinajstić information content (AvgIpc) is 2.51. The molecular formula is C15H9BrClFN4. The Kier molecular flexibility index (Phi) is 4.31. The van der Waals surface area contributed by atoms with E-state index < -0.39 is 0 Å². The maximum Gasteiger partial charge on any atom is 0.181 e. The Hall–Kier alpha value is -2.05. The van der Waals surface area contributed by atoms with Gasteiger partial charge >= 0.3 is 0 Å². The monoisotopic (exact) mass is 378 g/mol. The van der Waals surface area contributed by atoms with Gasteiger partial charge in [-0.15, -0.1) is 0 Å². The maximum atomic E-state index is 13.3. The van der Waals surface area contributed by atoms with Crippen molar-refractivity contribution in [1.82, 2.24) is 15.0 Å². The van der Waals surface area contributed by atoms with Crippen molar-refractivity contribution in [2.75, 3.05) is 5.32 Å². The first-order chi connectivity index (χ1) is 10.6. The smallest absolute Gasteiger partial charge is 0.181 e. The molecule has 0 unspecified atom stereocenters. The highest BCUT2D eigenvalue weighted by Gasteiger charge is 2.08. The van der Waals surface area contributed by atoms with Crippen LogP contribution in [-0.4, -0.2) is 15.0 Å². The van der Waals surface area contributed by atoms with E-state index in [9.17, 15) is 4.39 Å². The number of hydrogen-bond acceptors (Lipinski definition) is 4. The summed E-state index contributed by atoms with van der Waals surface area (Å²) in [6.45, 7) is 0. The third-order valence-electron chi connectivity index (χ3n) is 2.78. The summed E-state index contributed by atoms with van der Waals surface area (Å²) < 4.78 is 13.6. The van der Waals surface area contributed by atoms with Crippen LogP contribution in [0.4, 0.5) is 15.9 Å². The van der Waals surface area contributed by atoms with Gasteiger partial charge in [0.2, 0.25) is 0 Å². The second-order valence-electron chi connectivity index (χ2n) is 4.37. The largest absolute Gasteiger partial charge is 0.340 e. The molecule has 2 heterocycles. The van der Waals surface area contributed by atoms with Crippen LogP contribution in [0.3, 0.4) is 0 Å². The molecule has 3 rings (SSSR count). The van der Waals surface area contributed by atoms with E-state index in [0.717, 1.165) is 0 Å². The fourth-order valence-corrected chi connectivity index (χ4v) is 2.38. The minimum atomic E-state index is -0.333. The normalized spacial score (nSPS) is 10.5. The Morgan fingerprint density at radius 1 is 1.09 bits per heavy atom. The number of aromatic nitrogens is 3. The first-order valence-electron chi connectivity index (χ1n) is 6.30. The highest BCUT2D eigenvalue weighted by Crippen LogP contribution is 2.24. The van der Waals surface area contributed by atoms with E-state index >= 15 is 0 Å². The summed E-state index contributed by atoms with van der Waals surface area (Å²) in [5.74, 6) is 0.580. The van der Waals surface area contributed by atoms with Crippen LogP contribution in [0.2, 0.25) is 5.15 Å². The molecule has 1 N–H and O–H groups in total. The second-order valence-corrected chi connectivity index (χ2v) is 5.61. The molecule has 0 atom stereocenters. The lowest BCUT2D eigenvalue weighted by Crippen LogP contribution is -1.99. The maximum absolute atomic E-state index is 13.3. The van der Waals surface area contributed by atoms with E-state index in [0.29, 0.717) is 32.6 Å². The molecular weight excluding hydrogens is 371 g/mol. The highest BCUT2D eigenvalue weighted by molar-refractivity contribution is 9.10. The zero-order chi connectivity index (χ0) is 15.5. The predicted molar refractivity (Wildman–Crippen MR) is 87.7 cm³/mol. The summed E-state index contributed by atoms with van der Waals surface area (Å²) in [4.78, 5) is 12.7. The topological polar surface area (TPSA) is 50.7 Å². The second kappa shape index (κ2) is 6.37. The van der Waals surface area contributed by atoms with Crippen LogP contribution < -0.4 is 5.32 Å². The Morgan fingerprint density at radius 3 is 2.68 bits per heavy atom. The Balaban J connectivity index is 1.94. The molecule has 110 valence electrons. The van der Waals surface area contributed by atoms with Crippen LogP contribution in [0.5, 0.6) is 0 Å². The quantitative estimate of drug-likeness (QED) is 0.662. The minimum Gasteiger partial charge on any atom is -0.340 e. The summed E-state index contributed by atoms with van der Waals surface area (Å²) in [5.41, 5.74) is 1.29. The van der Waals surface area contributed by atoms with Crippen molar-refractivity contribution in [3.63, 3.8) is 0 Å². The summed E-state index contributed by atoms with van der Waals surface area (Å²) >= 11 is 9.18. The van der Waals surface area contributed by atoms with Gasteiger partial charge in [-0.1, -0.05) is 17.7 Å². The van der Waals surface area contributed by atoms with Gasteiger partial charge < -0.3 is 5.32 Å². The van der Waals surface area contributed by atoms with Crippen molar-refractivity contribution in [1.29, 1.82) is 0 Å². The Bertz CT molecular complexity index is 814. The number of halogens is 3. The number of hydrogen-bond donors (Lipinski definition) is 1. The molecule has 0 spiro atoms. The number of anilines is 2. The molecule has 0 radical (unpaired) electrons. The molecule has 0 aliphatic rings. The molecule has 0 aliphatic carbocycles. The van der Waals surface area contributed by atoms with Gasteiger partial charge in [0, 0.05) is 18.0 Å². The zero-order valence-electron chi connectivity index (χ0n) is 11.1. The lowest BCUT2D eigenvalue weighted by Gasteiger charge is -2.08. The van der Waals surface area contributed by atoms with E-state index in [1.54, 1.807) is 30.5 Å². The van der Waals surface area contributed by atoms with Gasteiger partial charge in [0.25, 0.3) is 0 Å². The van der Waals surface area contributed by atoms with E-state index in [1.807, 2.05) is 12.1 Å². The molecule has 0 saturated carbocycles. The van der Waals surface area contributed by atoms with Crippen molar-refractivity contribution in [3.05, 3.63) is 64.1 Å². The van der Waals surface area contributed by atoms with Gasteiger partial charge in [-0.3, -0.25) is 4.98 Å². The summed E-state index contributed by atoms with van der Waals surface area (Å²) in [5, 5.41) is 3.35. The molecule has 2 aromatic heterocycles. The molecule has 22 heavy (non-hydrogen) atoms. The van der Waals surface area contributed by atoms with Crippen molar-refractivity contribution in [2.45, 2.75) is 0 Å². The first kappa shape index (κ1) is 14.9. The molecule has 0 amide bonds. The molecule has 1 aromatic carbocycles. The molecule has 0 aliphatic heterocycles. The van der Waals surface area contributed by atoms with Gasteiger partial charge in [0.15, 0.2) is 5.82 Å². The number of benzene rings is 1.